The quantitative estimate of drug-likeness (QED) is 0.747. The van der Waals surface area contributed by atoms with Crippen LogP contribution in [0.1, 0.15) is 0 Å². The molecule has 0 bridgehead atoms. The molecule has 1 heterocycles. The fourth-order valence-electron chi connectivity index (χ4n) is 1.88. The third kappa shape index (κ3) is 2.68. The number of halogens is 1. The van der Waals surface area contributed by atoms with Gasteiger partial charge in [-0.25, -0.2) is 0 Å². The van der Waals surface area contributed by atoms with Crippen molar-refractivity contribution in [2.24, 2.45) is 0 Å². The summed E-state index contributed by atoms with van der Waals surface area (Å²) in [6.07, 6.45) is 0. The standard InChI is InChI=1S/C15H12ClN3O2/c1-20-11-4-2-3-9(7-11)14-18-15(21-19-14)10-5-6-13(17)12(16)8-10/h2-8H,17H2,1H3. The van der Waals surface area contributed by atoms with Crippen LogP contribution in [0.5, 0.6) is 5.75 Å². The summed E-state index contributed by atoms with van der Waals surface area (Å²) in [5.74, 6) is 1.60. The molecule has 0 atom stereocenters. The van der Waals surface area contributed by atoms with Crippen molar-refractivity contribution < 1.29 is 9.26 Å². The zero-order valence-electron chi connectivity index (χ0n) is 11.2. The second kappa shape index (κ2) is 5.46. The molecule has 0 unspecified atom stereocenters. The second-order valence-corrected chi connectivity index (χ2v) is 4.80. The van der Waals surface area contributed by atoms with Crippen LogP contribution in [-0.4, -0.2) is 17.3 Å². The van der Waals surface area contributed by atoms with Gasteiger partial charge in [-0.15, -0.1) is 0 Å². The number of anilines is 1. The van der Waals surface area contributed by atoms with E-state index < -0.39 is 0 Å². The van der Waals surface area contributed by atoms with E-state index in [1.807, 2.05) is 24.3 Å². The Balaban J connectivity index is 1.97. The van der Waals surface area contributed by atoms with Gasteiger partial charge >= 0.3 is 0 Å². The molecule has 106 valence electrons. The first-order valence-electron chi connectivity index (χ1n) is 6.21. The molecular weight excluding hydrogens is 290 g/mol. The second-order valence-electron chi connectivity index (χ2n) is 4.39. The van der Waals surface area contributed by atoms with Crippen molar-refractivity contribution in [2.75, 3.05) is 12.8 Å². The van der Waals surface area contributed by atoms with Gasteiger partial charge in [-0.3, -0.25) is 0 Å². The maximum atomic E-state index is 6.00. The van der Waals surface area contributed by atoms with Crippen molar-refractivity contribution in [3.05, 3.63) is 47.5 Å². The van der Waals surface area contributed by atoms with Gasteiger partial charge in [0.25, 0.3) is 5.89 Å². The SMILES string of the molecule is COc1cccc(-c2noc(-c3ccc(N)c(Cl)c3)n2)c1. The Morgan fingerprint density at radius 3 is 2.76 bits per heavy atom. The van der Waals surface area contributed by atoms with Gasteiger partial charge in [-0.2, -0.15) is 4.98 Å². The minimum absolute atomic E-state index is 0.384. The Morgan fingerprint density at radius 2 is 2.00 bits per heavy atom. The average Bonchev–Trinajstić information content (AvgIpc) is 3.00. The lowest BCUT2D eigenvalue weighted by molar-refractivity contribution is 0.414. The van der Waals surface area contributed by atoms with Gasteiger partial charge in [0.1, 0.15) is 5.75 Å². The predicted molar refractivity (Wildman–Crippen MR) is 81.1 cm³/mol. The van der Waals surface area contributed by atoms with E-state index in [4.69, 9.17) is 26.6 Å². The highest BCUT2D eigenvalue weighted by atomic mass is 35.5. The smallest absolute Gasteiger partial charge is 0.258 e. The number of hydrogen-bond acceptors (Lipinski definition) is 5. The highest BCUT2D eigenvalue weighted by Gasteiger charge is 2.12. The van der Waals surface area contributed by atoms with Gasteiger partial charge in [-0.05, 0) is 30.3 Å². The Hall–Kier alpha value is -2.53. The lowest BCUT2D eigenvalue weighted by Gasteiger charge is -2.00. The molecule has 0 spiro atoms. The molecule has 0 saturated heterocycles. The number of hydrogen-bond donors (Lipinski definition) is 1. The van der Waals surface area contributed by atoms with Crippen molar-refractivity contribution in [3.8, 4) is 28.6 Å². The van der Waals surface area contributed by atoms with E-state index in [1.54, 1.807) is 25.3 Å². The van der Waals surface area contributed by atoms with Gasteiger partial charge in [-0.1, -0.05) is 28.9 Å². The lowest BCUT2D eigenvalue weighted by atomic mass is 10.2. The molecular formula is C15H12ClN3O2. The summed E-state index contributed by atoms with van der Waals surface area (Å²) in [6.45, 7) is 0. The lowest BCUT2D eigenvalue weighted by Crippen LogP contribution is -1.87. The van der Waals surface area contributed by atoms with Crippen LogP contribution in [0.3, 0.4) is 0 Å². The molecule has 5 nitrogen and oxygen atoms in total. The highest BCUT2D eigenvalue weighted by Crippen LogP contribution is 2.28. The summed E-state index contributed by atoms with van der Waals surface area (Å²) in [5.41, 5.74) is 7.72. The monoisotopic (exact) mass is 301 g/mol. The Labute approximate surface area is 126 Å². The van der Waals surface area contributed by atoms with Crippen molar-refractivity contribution in [2.45, 2.75) is 0 Å². The third-order valence-corrected chi connectivity index (χ3v) is 3.33. The molecule has 6 heteroatoms. The molecule has 0 aliphatic carbocycles. The third-order valence-electron chi connectivity index (χ3n) is 3.00. The first-order valence-corrected chi connectivity index (χ1v) is 6.58. The summed E-state index contributed by atoms with van der Waals surface area (Å²) < 4.78 is 10.5. The van der Waals surface area contributed by atoms with Crippen molar-refractivity contribution in [1.29, 1.82) is 0 Å². The van der Waals surface area contributed by atoms with Crippen LogP contribution in [0.25, 0.3) is 22.8 Å². The van der Waals surface area contributed by atoms with E-state index in [1.165, 1.54) is 0 Å². The molecule has 0 radical (unpaired) electrons. The molecule has 21 heavy (non-hydrogen) atoms. The number of rotatable bonds is 3. The minimum atomic E-state index is 0.384. The van der Waals surface area contributed by atoms with E-state index in [2.05, 4.69) is 10.1 Å². The fraction of sp³-hybridized carbons (Fsp3) is 0.0667. The molecule has 0 aliphatic heterocycles. The molecule has 3 rings (SSSR count). The average molecular weight is 302 g/mol. The van der Waals surface area contributed by atoms with Gasteiger partial charge in [0.05, 0.1) is 17.8 Å². The number of nitrogens with two attached hydrogens (primary N) is 1. The van der Waals surface area contributed by atoms with Crippen LogP contribution >= 0.6 is 11.6 Å². The molecule has 0 aliphatic rings. The fourth-order valence-corrected chi connectivity index (χ4v) is 2.06. The number of aromatic nitrogens is 2. The first-order chi connectivity index (χ1) is 10.2. The summed E-state index contributed by atoms with van der Waals surface area (Å²) in [7, 11) is 1.61. The van der Waals surface area contributed by atoms with Gasteiger partial charge in [0, 0.05) is 11.1 Å². The van der Waals surface area contributed by atoms with Crippen LogP contribution in [0.15, 0.2) is 47.0 Å². The van der Waals surface area contributed by atoms with Crippen LogP contribution in [0.4, 0.5) is 5.69 Å². The van der Waals surface area contributed by atoms with Crippen molar-refractivity contribution in [1.82, 2.24) is 10.1 Å². The molecule has 2 aromatic carbocycles. The number of methoxy groups -OCH3 is 1. The van der Waals surface area contributed by atoms with Gasteiger partial charge < -0.3 is 15.0 Å². The van der Waals surface area contributed by atoms with Crippen molar-refractivity contribution >= 4 is 17.3 Å². The Kier molecular flexibility index (Phi) is 3.50. The molecule has 0 fully saturated rings. The van der Waals surface area contributed by atoms with Crippen LogP contribution in [0, 0.1) is 0 Å². The zero-order valence-corrected chi connectivity index (χ0v) is 12.0. The topological polar surface area (TPSA) is 74.2 Å². The van der Waals surface area contributed by atoms with Gasteiger partial charge in [0.2, 0.25) is 5.82 Å². The van der Waals surface area contributed by atoms with Crippen LogP contribution < -0.4 is 10.5 Å². The molecule has 0 saturated carbocycles. The number of nitrogens with zero attached hydrogens (tertiary/aromatic N) is 2. The van der Waals surface area contributed by atoms with Crippen LogP contribution in [-0.2, 0) is 0 Å². The summed E-state index contributed by atoms with van der Waals surface area (Å²) in [6, 6.07) is 12.6. The summed E-state index contributed by atoms with van der Waals surface area (Å²) in [4.78, 5) is 4.36. The number of nitrogen functional groups attached to an aromatic ring is 1. The maximum absolute atomic E-state index is 6.00. The largest absolute Gasteiger partial charge is 0.497 e. The highest BCUT2D eigenvalue weighted by molar-refractivity contribution is 6.33. The molecule has 1 aromatic heterocycles. The summed E-state index contributed by atoms with van der Waals surface area (Å²) >= 11 is 6.00. The maximum Gasteiger partial charge on any atom is 0.258 e. The summed E-state index contributed by atoms with van der Waals surface area (Å²) in [5, 5.41) is 4.43. The van der Waals surface area contributed by atoms with Crippen molar-refractivity contribution in [3.63, 3.8) is 0 Å². The van der Waals surface area contributed by atoms with Gasteiger partial charge in [0.15, 0.2) is 0 Å². The zero-order chi connectivity index (χ0) is 14.8. The van der Waals surface area contributed by atoms with Crippen LogP contribution in [0.2, 0.25) is 5.02 Å². The predicted octanol–water partition coefficient (Wildman–Crippen LogP) is 3.65. The number of ether oxygens (including phenoxy) is 1. The van der Waals surface area contributed by atoms with E-state index in [9.17, 15) is 0 Å². The van der Waals surface area contributed by atoms with E-state index in [0.717, 1.165) is 16.9 Å². The molecule has 3 aromatic rings. The first kappa shape index (κ1) is 13.5. The molecule has 2 N–H and O–H groups in total. The normalized spacial score (nSPS) is 10.6. The van der Waals surface area contributed by atoms with E-state index >= 15 is 0 Å². The van der Waals surface area contributed by atoms with E-state index in [-0.39, 0.29) is 0 Å². The Bertz CT molecular complexity index is 786. The minimum Gasteiger partial charge on any atom is -0.497 e. The van der Waals surface area contributed by atoms with E-state index in [0.29, 0.717) is 22.4 Å². The number of benzene rings is 2. The molecule has 0 amide bonds. The Morgan fingerprint density at radius 1 is 1.14 bits per heavy atom.